The molecular weight excluding hydrogens is 166 g/mol. The van der Waals surface area contributed by atoms with Crippen molar-refractivity contribution >= 4 is 0 Å². The van der Waals surface area contributed by atoms with Gasteiger partial charge in [-0.25, -0.2) is 0 Å². The maximum absolute atomic E-state index is 5.43. The van der Waals surface area contributed by atoms with Crippen LogP contribution in [0.4, 0.5) is 0 Å². The highest BCUT2D eigenvalue weighted by Crippen LogP contribution is 2.31. The molecule has 1 fully saturated rings. The van der Waals surface area contributed by atoms with Crippen LogP contribution in [0.15, 0.2) is 18.3 Å². The van der Waals surface area contributed by atoms with E-state index >= 15 is 0 Å². The molecule has 2 heterocycles. The van der Waals surface area contributed by atoms with Crippen LogP contribution < -0.4 is 0 Å². The fourth-order valence-corrected chi connectivity index (χ4v) is 1.44. The first kappa shape index (κ1) is 8.66. The molecule has 3 heteroatoms. The van der Waals surface area contributed by atoms with E-state index in [4.69, 9.17) is 9.47 Å². The van der Waals surface area contributed by atoms with E-state index in [1.807, 2.05) is 25.3 Å². The molecule has 1 aromatic heterocycles. The monoisotopic (exact) mass is 179 g/mol. The largest absolute Gasteiger partial charge is 0.374 e. The number of nitrogens with zero attached hydrogens (tertiary/aromatic N) is 1. The Morgan fingerprint density at radius 3 is 2.77 bits per heavy atom. The van der Waals surface area contributed by atoms with E-state index in [-0.39, 0.29) is 5.60 Å². The number of hydrogen-bond acceptors (Lipinski definition) is 3. The molecule has 0 amide bonds. The van der Waals surface area contributed by atoms with Gasteiger partial charge < -0.3 is 9.47 Å². The minimum absolute atomic E-state index is 0.286. The van der Waals surface area contributed by atoms with Crippen molar-refractivity contribution in [3.05, 3.63) is 29.6 Å². The minimum Gasteiger partial charge on any atom is -0.374 e. The number of hydrogen-bond donors (Lipinski definition) is 0. The number of rotatable bonds is 2. The predicted molar refractivity (Wildman–Crippen MR) is 48.5 cm³/mol. The van der Waals surface area contributed by atoms with Gasteiger partial charge >= 0.3 is 0 Å². The second-order valence-electron chi connectivity index (χ2n) is 3.41. The zero-order chi connectivity index (χ0) is 9.31. The van der Waals surface area contributed by atoms with Crippen molar-refractivity contribution in [3.8, 4) is 0 Å². The lowest BCUT2D eigenvalue weighted by Crippen LogP contribution is -2.48. The second-order valence-corrected chi connectivity index (χ2v) is 3.41. The van der Waals surface area contributed by atoms with Gasteiger partial charge in [-0.3, -0.25) is 4.98 Å². The fraction of sp³-hybridized carbons (Fsp3) is 0.500. The molecule has 2 rings (SSSR count). The molecule has 0 aliphatic carbocycles. The molecule has 0 saturated carbocycles. The third-order valence-corrected chi connectivity index (χ3v) is 2.44. The van der Waals surface area contributed by atoms with Gasteiger partial charge in [0, 0.05) is 13.3 Å². The van der Waals surface area contributed by atoms with Crippen LogP contribution in [-0.2, 0) is 15.1 Å². The lowest BCUT2D eigenvalue weighted by atomic mass is 9.96. The van der Waals surface area contributed by atoms with Gasteiger partial charge in [-0.1, -0.05) is 0 Å². The summed E-state index contributed by atoms with van der Waals surface area (Å²) in [6.45, 7) is 3.27. The predicted octanol–water partition coefficient (Wildman–Crippen LogP) is 1.26. The summed E-state index contributed by atoms with van der Waals surface area (Å²) in [5.41, 5.74) is 1.89. The Labute approximate surface area is 77.7 Å². The Hall–Kier alpha value is -0.930. The number of methoxy groups -OCH3 is 1. The van der Waals surface area contributed by atoms with Crippen LogP contribution in [0.1, 0.15) is 11.3 Å². The number of aromatic nitrogens is 1. The number of ether oxygens (including phenoxy) is 2. The molecule has 1 aliphatic rings. The highest BCUT2D eigenvalue weighted by Gasteiger charge is 2.41. The molecule has 0 unspecified atom stereocenters. The first-order valence-electron chi connectivity index (χ1n) is 4.33. The molecular formula is C10H13NO2. The van der Waals surface area contributed by atoms with E-state index in [2.05, 4.69) is 4.98 Å². The van der Waals surface area contributed by atoms with Crippen molar-refractivity contribution in [3.63, 3.8) is 0 Å². The van der Waals surface area contributed by atoms with Crippen molar-refractivity contribution in [1.29, 1.82) is 0 Å². The minimum atomic E-state index is -0.286. The van der Waals surface area contributed by atoms with Gasteiger partial charge in [0.15, 0.2) is 5.60 Å². The Morgan fingerprint density at radius 2 is 2.31 bits per heavy atom. The van der Waals surface area contributed by atoms with Crippen molar-refractivity contribution in [2.45, 2.75) is 12.5 Å². The van der Waals surface area contributed by atoms with Gasteiger partial charge in [-0.2, -0.15) is 0 Å². The van der Waals surface area contributed by atoms with Gasteiger partial charge in [-0.05, 0) is 24.6 Å². The Balaban J connectivity index is 2.33. The summed E-state index contributed by atoms with van der Waals surface area (Å²) >= 11 is 0. The van der Waals surface area contributed by atoms with E-state index < -0.39 is 0 Å². The van der Waals surface area contributed by atoms with Crippen LogP contribution in [0.3, 0.4) is 0 Å². The summed E-state index contributed by atoms with van der Waals surface area (Å²) in [5.74, 6) is 0. The number of aryl methyl sites for hydroxylation is 1. The normalized spacial score (nSPS) is 19.5. The smallest absolute Gasteiger partial charge is 0.156 e. The van der Waals surface area contributed by atoms with Crippen LogP contribution in [0.2, 0.25) is 0 Å². The van der Waals surface area contributed by atoms with E-state index in [9.17, 15) is 0 Å². The molecule has 1 aromatic rings. The van der Waals surface area contributed by atoms with Gasteiger partial charge in [-0.15, -0.1) is 0 Å². The maximum Gasteiger partial charge on any atom is 0.156 e. The topological polar surface area (TPSA) is 31.4 Å². The van der Waals surface area contributed by atoms with Crippen molar-refractivity contribution in [1.82, 2.24) is 4.98 Å². The lowest BCUT2D eigenvalue weighted by molar-refractivity contribution is -0.204. The van der Waals surface area contributed by atoms with Gasteiger partial charge in [0.25, 0.3) is 0 Å². The van der Waals surface area contributed by atoms with Gasteiger partial charge in [0.05, 0.1) is 18.9 Å². The maximum atomic E-state index is 5.43. The molecule has 13 heavy (non-hydrogen) atoms. The van der Waals surface area contributed by atoms with E-state index in [0.29, 0.717) is 13.2 Å². The van der Waals surface area contributed by atoms with Crippen LogP contribution in [0, 0.1) is 6.92 Å². The average molecular weight is 179 g/mol. The third-order valence-electron chi connectivity index (χ3n) is 2.44. The molecule has 0 aromatic carbocycles. The Bertz CT molecular complexity index is 302. The summed E-state index contributed by atoms with van der Waals surface area (Å²) in [4.78, 5) is 4.30. The molecule has 1 saturated heterocycles. The van der Waals surface area contributed by atoms with Crippen molar-refractivity contribution in [2.24, 2.45) is 0 Å². The Morgan fingerprint density at radius 1 is 1.54 bits per heavy atom. The summed E-state index contributed by atoms with van der Waals surface area (Å²) in [6, 6.07) is 4.03. The van der Waals surface area contributed by atoms with Crippen LogP contribution >= 0.6 is 0 Å². The quantitative estimate of drug-likeness (QED) is 0.685. The first-order valence-corrected chi connectivity index (χ1v) is 4.33. The van der Waals surface area contributed by atoms with E-state index in [1.165, 1.54) is 5.56 Å². The summed E-state index contributed by atoms with van der Waals surface area (Å²) in [6.07, 6.45) is 1.81. The van der Waals surface area contributed by atoms with E-state index in [1.54, 1.807) is 7.11 Å². The molecule has 0 atom stereocenters. The zero-order valence-electron chi connectivity index (χ0n) is 7.91. The fourth-order valence-electron chi connectivity index (χ4n) is 1.44. The van der Waals surface area contributed by atoms with E-state index in [0.717, 1.165) is 5.69 Å². The van der Waals surface area contributed by atoms with Crippen LogP contribution in [0.5, 0.6) is 0 Å². The second kappa shape index (κ2) is 3.09. The van der Waals surface area contributed by atoms with Crippen molar-refractivity contribution in [2.75, 3.05) is 20.3 Å². The molecule has 1 aliphatic heterocycles. The molecule has 0 spiro atoms. The summed E-state index contributed by atoms with van der Waals surface area (Å²) in [7, 11) is 1.70. The Kier molecular flexibility index (Phi) is 2.06. The number of pyridine rings is 1. The standard InChI is InChI=1S/C10H13NO2/c1-8-3-4-11-9(5-8)10(12-2)6-13-7-10/h3-5H,6-7H2,1-2H3. The summed E-state index contributed by atoms with van der Waals surface area (Å²) in [5, 5.41) is 0. The zero-order valence-corrected chi connectivity index (χ0v) is 7.91. The molecule has 70 valence electrons. The van der Waals surface area contributed by atoms with Crippen LogP contribution in [-0.4, -0.2) is 25.3 Å². The third kappa shape index (κ3) is 1.34. The lowest BCUT2D eigenvalue weighted by Gasteiger charge is -2.39. The first-order chi connectivity index (χ1) is 6.27. The SMILES string of the molecule is COC1(c2cc(C)ccn2)COC1. The van der Waals surface area contributed by atoms with Gasteiger partial charge in [0.2, 0.25) is 0 Å². The van der Waals surface area contributed by atoms with Crippen LogP contribution in [0.25, 0.3) is 0 Å². The van der Waals surface area contributed by atoms with Crippen molar-refractivity contribution < 1.29 is 9.47 Å². The van der Waals surface area contributed by atoms with Gasteiger partial charge in [0.1, 0.15) is 0 Å². The summed E-state index contributed by atoms with van der Waals surface area (Å²) < 4.78 is 10.6. The highest BCUT2D eigenvalue weighted by molar-refractivity contribution is 5.22. The molecule has 0 bridgehead atoms. The molecule has 0 radical (unpaired) electrons. The molecule has 3 nitrogen and oxygen atoms in total. The molecule has 0 N–H and O–H groups in total. The highest BCUT2D eigenvalue weighted by atomic mass is 16.6. The average Bonchev–Trinajstić information content (AvgIpc) is 2.03.